The molecule has 0 amide bonds. The average Bonchev–Trinajstić information content (AvgIpc) is 2.35. The van der Waals surface area contributed by atoms with Gasteiger partial charge in [-0.25, -0.2) is 13.8 Å². The number of benzene rings is 1. The van der Waals surface area contributed by atoms with Gasteiger partial charge in [0.15, 0.2) is 0 Å². The number of rotatable bonds is 5. The molecule has 2 N–H and O–H groups in total. The molecule has 0 spiro atoms. The zero-order valence-corrected chi connectivity index (χ0v) is 10.6. The molecular weight excluding hydrogens is 248 g/mol. The lowest BCUT2D eigenvalue weighted by Gasteiger charge is -2.09. The number of anilines is 3. The summed E-state index contributed by atoms with van der Waals surface area (Å²) in [7, 11) is 0. The fourth-order valence-electron chi connectivity index (χ4n) is 1.63. The van der Waals surface area contributed by atoms with E-state index in [2.05, 4.69) is 22.5 Å². The lowest BCUT2D eigenvalue weighted by atomic mass is 10.3. The maximum absolute atomic E-state index is 13.1. The van der Waals surface area contributed by atoms with Gasteiger partial charge in [-0.3, -0.25) is 0 Å². The summed E-state index contributed by atoms with van der Waals surface area (Å²) in [6.45, 7) is 2.88. The van der Waals surface area contributed by atoms with Gasteiger partial charge in [0, 0.05) is 18.3 Å². The van der Waals surface area contributed by atoms with Crippen LogP contribution >= 0.6 is 0 Å². The summed E-state index contributed by atoms with van der Waals surface area (Å²) in [5.41, 5.74) is 0.331. The van der Waals surface area contributed by atoms with E-state index in [1.165, 1.54) is 12.1 Å². The van der Waals surface area contributed by atoms with E-state index in [9.17, 15) is 8.78 Å². The van der Waals surface area contributed by atoms with Gasteiger partial charge < -0.3 is 10.6 Å². The monoisotopic (exact) mass is 263 g/mol. The summed E-state index contributed by atoms with van der Waals surface area (Å²) >= 11 is 0. The van der Waals surface area contributed by atoms with Crippen LogP contribution < -0.4 is 10.6 Å². The van der Waals surface area contributed by atoms with E-state index in [0.717, 1.165) is 24.8 Å². The van der Waals surface area contributed by atoms with Crippen LogP contribution in [0.5, 0.6) is 0 Å². The van der Waals surface area contributed by atoms with Crippen LogP contribution in [0.25, 0.3) is 0 Å². The van der Waals surface area contributed by atoms with Crippen LogP contribution in [0.3, 0.4) is 0 Å². The fourth-order valence-corrected chi connectivity index (χ4v) is 1.63. The van der Waals surface area contributed by atoms with E-state index in [1.807, 2.05) is 12.1 Å². The molecule has 0 aliphatic carbocycles. The van der Waals surface area contributed by atoms with Gasteiger partial charge in [-0.1, -0.05) is 13.0 Å². The minimum absolute atomic E-state index is 0.331. The summed E-state index contributed by atoms with van der Waals surface area (Å²) < 4.78 is 26.1. The standard InChI is InChI=1S/C14H15F2N3/c1-2-6-17-13-4-3-5-14(19-13)18-12-8-10(15)7-11(16)9-12/h3-5,7-9H,2,6H2,1H3,(H2,17,18,19). The average molecular weight is 263 g/mol. The van der Waals surface area contributed by atoms with Crippen LogP contribution in [0.1, 0.15) is 13.3 Å². The van der Waals surface area contributed by atoms with Crippen LogP contribution in [0.15, 0.2) is 36.4 Å². The second-order valence-electron chi connectivity index (χ2n) is 4.12. The highest BCUT2D eigenvalue weighted by molar-refractivity contribution is 5.58. The molecule has 0 radical (unpaired) electrons. The maximum Gasteiger partial charge on any atom is 0.132 e. The Hall–Kier alpha value is -2.17. The molecule has 3 nitrogen and oxygen atoms in total. The molecule has 2 aromatic rings. The largest absolute Gasteiger partial charge is 0.370 e. The first-order valence-corrected chi connectivity index (χ1v) is 6.11. The van der Waals surface area contributed by atoms with Gasteiger partial charge in [0.2, 0.25) is 0 Å². The Morgan fingerprint density at radius 1 is 1.05 bits per heavy atom. The van der Waals surface area contributed by atoms with Crippen LogP contribution in [0, 0.1) is 11.6 Å². The SMILES string of the molecule is CCCNc1cccc(Nc2cc(F)cc(F)c2)n1. The van der Waals surface area contributed by atoms with E-state index in [0.29, 0.717) is 11.5 Å². The minimum Gasteiger partial charge on any atom is -0.370 e. The van der Waals surface area contributed by atoms with Gasteiger partial charge in [-0.05, 0) is 30.7 Å². The van der Waals surface area contributed by atoms with Crippen molar-refractivity contribution in [3.05, 3.63) is 48.0 Å². The molecule has 100 valence electrons. The molecule has 2 rings (SSSR count). The molecule has 0 bridgehead atoms. The van der Waals surface area contributed by atoms with E-state index in [1.54, 1.807) is 6.07 Å². The second-order valence-corrected chi connectivity index (χ2v) is 4.12. The van der Waals surface area contributed by atoms with Crippen LogP contribution in [0.4, 0.5) is 26.1 Å². The predicted molar refractivity (Wildman–Crippen MR) is 72.7 cm³/mol. The van der Waals surface area contributed by atoms with Crippen molar-refractivity contribution in [2.75, 3.05) is 17.2 Å². The Morgan fingerprint density at radius 2 is 1.74 bits per heavy atom. The van der Waals surface area contributed by atoms with Gasteiger partial charge in [-0.15, -0.1) is 0 Å². The molecule has 0 saturated carbocycles. The molecule has 0 saturated heterocycles. The van der Waals surface area contributed by atoms with Gasteiger partial charge in [0.05, 0.1) is 0 Å². The van der Waals surface area contributed by atoms with Gasteiger partial charge >= 0.3 is 0 Å². The molecule has 19 heavy (non-hydrogen) atoms. The number of pyridine rings is 1. The van der Waals surface area contributed by atoms with Crippen LogP contribution in [0.2, 0.25) is 0 Å². The Morgan fingerprint density at radius 3 is 2.42 bits per heavy atom. The number of aromatic nitrogens is 1. The van der Waals surface area contributed by atoms with Gasteiger partial charge in [-0.2, -0.15) is 0 Å². The second kappa shape index (κ2) is 6.13. The zero-order valence-electron chi connectivity index (χ0n) is 10.6. The summed E-state index contributed by atoms with van der Waals surface area (Å²) in [5.74, 6) is 0.0142. The molecule has 1 aromatic carbocycles. The summed E-state index contributed by atoms with van der Waals surface area (Å²) in [4.78, 5) is 4.30. The number of nitrogens with one attached hydrogen (secondary N) is 2. The zero-order chi connectivity index (χ0) is 13.7. The molecule has 0 fully saturated rings. The number of hydrogen-bond donors (Lipinski definition) is 2. The van der Waals surface area contributed by atoms with Crippen molar-refractivity contribution in [1.82, 2.24) is 4.98 Å². The first-order valence-electron chi connectivity index (χ1n) is 6.11. The Kier molecular flexibility index (Phi) is 4.28. The van der Waals surface area contributed by atoms with Crippen LogP contribution in [-0.2, 0) is 0 Å². The first kappa shape index (κ1) is 13.3. The van der Waals surface area contributed by atoms with Crippen molar-refractivity contribution in [2.45, 2.75) is 13.3 Å². The van der Waals surface area contributed by atoms with Crippen molar-refractivity contribution in [3.63, 3.8) is 0 Å². The molecule has 5 heteroatoms. The van der Waals surface area contributed by atoms with E-state index >= 15 is 0 Å². The van der Waals surface area contributed by atoms with E-state index < -0.39 is 11.6 Å². The summed E-state index contributed by atoms with van der Waals surface area (Å²) in [6.07, 6.45) is 0.994. The maximum atomic E-state index is 13.1. The fraction of sp³-hybridized carbons (Fsp3) is 0.214. The summed E-state index contributed by atoms with van der Waals surface area (Å²) in [6, 6.07) is 8.67. The molecule has 0 aliphatic rings. The highest BCUT2D eigenvalue weighted by Crippen LogP contribution is 2.18. The van der Waals surface area contributed by atoms with Crippen molar-refractivity contribution in [1.29, 1.82) is 0 Å². The smallest absolute Gasteiger partial charge is 0.132 e. The van der Waals surface area contributed by atoms with Crippen molar-refractivity contribution in [2.24, 2.45) is 0 Å². The Bertz CT molecular complexity index is 538. The molecule has 0 aliphatic heterocycles. The van der Waals surface area contributed by atoms with Gasteiger partial charge in [0.1, 0.15) is 23.3 Å². The highest BCUT2D eigenvalue weighted by atomic mass is 19.1. The van der Waals surface area contributed by atoms with Crippen molar-refractivity contribution >= 4 is 17.3 Å². The lowest BCUT2D eigenvalue weighted by molar-refractivity contribution is 0.584. The number of hydrogen-bond acceptors (Lipinski definition) is 3. The molecular formula is C14H15F2N3. The van der Waals surface area contributed by atoms with Gasteiger partial charge in [0.25, 0.3) is 0 Å². The first-order chi connectivity index (χ1) is 9.17. The Balaban J connectivity index is 2.13. The molecule has 0 unspecified atom stereocenters. The third-order valence-corrected chi connectivity index (χ3v) is 2.44. The number of halogens is 2. The molecule has 0 atom stereocenters. The topological polar surface area (TPSA) is 37.0 Å². The third-order valence-electron chi connectivity index (χ3n) is 2.44. The third kappa shape index (κ3) is 3.91. The highest BCUT2D eigenvalue weighted by Gasteiger charge is 2.02. The number of nitrogens with zero attached hydrogens (tertiary/aromatic N) is 1. The van der Waals surface area contributed by atoms with E-state index in [-0.39, 0.29) is 0 Å². The molecule has 1 aromatic heterocycles. The van der Waals surface area contributed by atoms with E-state index in [4.69, 9.17) is 0 Å². The predicted octanol–water partition coefficient (Wildman–Crippen LogP) is 3.93. The molecule has 1 heterocycles. The minimum atomic E-state index is -0.622. The summed E-state index contributed by atoms with van der Waals surface area (Å²) in [5, 5.41) is 6.02. The normalized spacial score (nSPS) is 10.3. The van der Waals surface area contributed by atoms with Crippen LogP contribution in [-0.4, -0.2) is 11.5 Å². The van der Waals surface area contributed by atoms with Crippen molar-refractivity contribution < 1.29 is 8.78 Å². The lowest BCUT2D eigenvalue weighted by Crippen LogP contribution is -2.03. The van der Waals surface area contributed by atoms with Crippen molar-refractivity contribution in [3.8, 4) is 0 Å². The Labute approximate surface area is 110 Å². The quantitative estimate of drug-likeness (QED) is 0.858.